The van der Waals surface area contributed by atoms with Gasteiger partial charge in [0.05, 0.1) is 49.2 Å². The zero-order valence-electron chi connectivity index (χ0n) is 31.3. The Morgan fingerprint density at radius 2 is 1.40 bits per heavy atom. The molecule has 0 aliphatic carbocycles. The van der Waals surface area contributed by atoms with Crippen LogP contribution in [0, 0.1) is 11.8 Å². The monoisotopic (exact) mass is 726 g/mol. The number of benzene rings is 2. The number of hydrogen-bond acceptors (Lipinski definition) is 8. The minimum Gasteiger partial charge on any atom is -0.453 e. The fourth-order valence-corrected chi connectivity index (χ4v) is 7.46. The summed E-state index contributed by atoms with van der Waals surface area (Å²) in [5.41, 5.74) is 5.55. The molecule has 2 aromatic heterocycles. The number of carbonyl (C=O) groups excluding carboxylic acids is 4. The first-order valence-electron chi connectivity index (χ1n) is 18.4. The first kappa shape index (κ1) is 37.4. The van der Waals surface area contributed by atoms with E-state index < -0.39 is 24.3 Å². The molecule has 2 aromatic carbocycles. The first-order chi connectivity index (χ1) is 25.5. The van der Waals surface area contributed by atoms with Gasteiger partial charge in [-0.2, -0.15) is 0 Å². The number of fused-ring (bicyclic) bond motifs is 1. The molecule has 0 spiro atoms. The molecule has 282 valence electrons. The van der Waals surface area contributed by atoms with Gasteiger partial charge < -0.3 is 39.9 Å². The molecule has 4 amide bonds. The number of nitrogens with one attached hydrogen (secondary N) is 4. The maximum atomic E-state index is 13.7. The van der Waals surface area contributed by atoms with Crippen LogP contribution in [0.15, 0.2) is 48.7 Å². The summed E-state index contributed by atoms with van der Waals surface area (Å²) >= 11 is 0. The molecule has 2 aliphatic heterocycles. The fraction of sp³-hybridized carbons (Fsp3) is 0.487. The van der Waals surface area contributed by atoms with E-state index in [2.05, 4.69) is 43.8 Å². The third-order valence-electron chi connectivity index (χ3n) is 10.2. The molecule has 6 rings (SSSR count). The molecule has 0 radical (unpaired) electrons. The van der Waals surface area contributed by atoms with Crippen LogP contribution in [0.5, 0.6) is 0 Å². The Morgan fingerprint density at radius 3 is 2.04 bits per heavy atom. The summed E-state index contributed by atoms with van der Waals surface area (Å²) < 4.78 is 9.54. The molecule has 0 bridgehead atoms. The fourth-order valence-electron chi connectivity index (χ4n) is 7.46. The van der Waals surface area contributed by atoms with Gasteiger partial charge in [-0.15, -0.1) is 0 Å². The summed E-state index contributed by atoms with van der Waals surface area (Å²) in [7, 11) is 2.58. The quantitative estimate of drug-likeness (QED) is 0.144. The maximum Gasteiger partial charge on any atom is 0.407 e. The van der Waals surface area contributed by atoms with E-state index in [0.717, 1.165) is 64.9 Å². The topological polar surface area (TPSA) is 175 Å². The van der Waals surface area contributed by atoms with Gasteiger partial charge in [-0.1, -0.05) is 58.0 Å². The van der Waals surface area contributed by atoms with Crippen molar-refractivity contribution in [2.45, 2.75) is 84.0 Å². The Kier molecular flexibility index (Phi) is 11.3. The zero-order valence-corrected chi connectivity index (χ0v) is 31.3. The standard InChI is InChI=1S/C39H50N8O6/c1-22(2)19-29(44-38(50)52-5)36(48)46-17-8-10-32(46)35-41-27-16-15-26(20-28(27)42-35)24-11-13-25(14-12-24)30-21-40-34(43-30)31-9-7-18-47(31)37(49)33(23(3)4)45-39(51)53-6/h11-16,20-23,29,31-33H,7-10,17-19H2,1-6H3,(H,40,43)(H,41,42)(H,44,50)(H,45,51)/t29-,31-,32-,33?/m0/s1. The highest BCUT2D eigenvalue weighted by atomic mass is 16.5. The van der Waals surface area contributed by atoms with Crippen LogP contribution in [0.2, 0.25) is 0 Å². The number of nitrogens with zero attached hydrogens (tertiary/aromatic N) is 4. The Bertz CT molecular complexity index is 1940. The summed E-state index contributed by atoms with van der Waals surface area (Å²) in [6.07, 6.45) is 4.31. The number of aromatic nitrogens is 4. The lowest BCUT2D eigenvalue weighted by Crippen LogP contribution is -2.51. The SMILES string of the molecule is COC(=O)NC(C(=O)N1CCC[C@H]1c1ncc(-c2ccc(-c3ccc4nc([C@@H]5CCCN5C(=O)[C@H](CC(C)C)NC(=O)OC)[nH]c4c3)cc2)[nH]1)C(C)C. The summed E-state index contributed by atoms with van der Waals surface area (Å²) in [4.78, 5) is 71.3. The Morgan fingerprint density at radius 1 is 0.792 bits per heavy atom. The molecular weight excluding hydrogens is 676 g/mol. The Hall–Kier alpha value is -5.40. The van der Waals surface area contributed by atoms with E-state index >= 15 is 0 Å². The van der Waals surface area contributed by atoms with Crippen molar-refractivity contribution in [3.05, 3.63) is 60.3 Å². The predicted octanol–water partition coefficient (Wildman–Crippen LogP) is 6.10. The van der Waals surface area contributed by atoms with Crippen molar-refractivity contribution in [2.24, 2.45) is 11.8 Å². The molecule has 1 unspecified atom stereocenters. The van der Waals surface area contributed by atoms with Crippen LogP contribution in [0.1, 0.15) is 83.5 Å². The van der Waals surface area contributed by atoms with Gasteiger partial charge in [0, 0.05) is 13.1 Å². The summed E-state index contributed by atoms with van der Waals surface area (Å²) in [6.45, 7) is 9.02. The second-order valence-corrected chi connectivity index (χ2v) is 14.7. The van der Waals surface area contributed by atoms with E-state index in [1.807, 2.05) is 56.9 Å². The zero-order chi connectivity index (χ0) is 37.8. The van der Waals surface area contributed by atoms with Crippen LogP contribution in [0.4, 0.5) is 9.59 Å². The number of likely N-dealkylation sites (tertiary alicyclic amines) is 2. The number of ether oxygens (including phenoxy) is 2. The van der Waals surface area contributed by atoms with Crippen LogP contribution in [-0.2, 0) is 19.1 Å². The molecule has 2 saturated heterocycles. The normalized spacial score (nSPS) is 18.4. The number of aromatic amines is 2. The predicted molar refractivity (Wildman–Crippen MR) is 199 cm³/mol. The van der Waals surface area contributed by atoms with Crippen LogP contribution in [-0.4, -0.2) is 93.1 Å². The Labute approximate surface area is 309 Å². The van der Waals surface area contributed by atoms with E-state index in [0.29, 0.717) is 25.3 Å². The number of methoxy groups -OCH3 is 2. The van der Waals surface area contributed by atoms with E-state index in [4.69, 9.17) is 14.5 Å². The van der Waals surface area contributed by atoms with Gasteiger partial charge in [0.15, 0.2) is 0 Å². The molecule has 2 fully saturated rings. The number of alkyl carbamates (subject to hydrolysis) is 2. The number of amides is 4. The van der Waals surface area contributed by atoms with Crippen molar-refractivity contribution in [3.8, 4) is 22.4 Å². The lowest BCUT2D eigenvalue weighted by molar-refractivity contribution is -0.136. The molecule has 4 N–H and O–H groups in total. The van der Waals surface area contributed by atoms with Crippen molar-refractivity contribution < 1.29 is 28.7 Å². The molecule has 4 heterocycles. The highest BCUT2D eigenvalue weighted by Gasteiger charge is 2.38. The van der Waals surface area contributed by atoms with Crippen molar-refractivity contribution >= 4 is 35.0 Å². The van der Waals surface area contributed by atoms with E-state index in [9.17, 15) is 19.2 Å². The Balaban J connectivity index is 1.15. The highest BCUT2D eigenvalue weighted by molar-refractivity contribution is 5.87. The second-order valence-electron chi connectivity index (χ2n) is 14.7. The first-order valence-corrected chi connectivity index (χ1v) is 18.4. The molecule has 4 atom stereocenters. The van der Waals surface area contributed by atoms with Gasteiger partial charge in [-0.25, -0.2) is 19.6 Å². The van der Waals surface area contributed by atoms with Crippen molar-refractivity contribution in [1.82, 2.24) is 40.4 Å². The number of hydrogen-bond donors (Lipinski definition) is 4. The molecular formula is C39H50N8O6. The third kappa shape index (κ3) is 8.16. The number of H-pyrrole nitrogens is 2. The molecule has 14 heteroatoms. The molecule has 14 nitrogen and oxygen atoms in total. The van der Waals surface area contributed by atoms with Gasteiger partial charge in [0.2, 0.25) is 11.8 Å². The van der Waals surface area contributed by atoms with Gasteiger partial charge in [-0.05, 0) is 72.8 Å². The number of carbonyl (C=O) groups is 4. The van der Waals surface area contributed by atoms with Crippen LogP contribution < -0.4 is 10.6 Å². The largest absolute Gasteiger partial charge is 0.453 e. The van der Waals surface area contributed by atoms with E-state index in [-0.39, 0.29) is 35.7 Å². The van der Waals surface area contributed by atoms with Crippen LogP contribution in [0.25, 0.3) is 33.4 Å². The maximum absolute atomic E-state index is 13.7. The van der Waals surface area contributed by atoms with Gasteiger partial charge in [-0.3, -0.25) is 9.59 Å². The lowest BCUT2D eigenvalue weighted by atomic mass is 10.0. The number of rotatable bonds is 11. The average Bonchev–Trinajstić information content (AvgIpc) is 3.98. The lowest BCUT2D eigenvalue weighted by Gasteiger charge is -2.30. The van der Waals surface area contributed by atoms with Crippen LogP contribution >= 0.6 is 0 Å². The van der Waals surface area contributed by atoms with E-state index in [1.54, 1.807) is 11.1 Å². The molecule has 0 saturated carbocycles. The molecule has 4 aromatic rings. The van der Waals surface area contributed by atoms with Gasteiger partial charge >= 0.3 is 12.2 Å². The third-order valence-corrected chi connectivity index (χ3v) is 10.2. The summed E-state index contributed by atoms with van der Waals surface area (Å²) in [6, 6.07) is 12.5. The van der Waals surface area contributed by atoms with Gasteiger partial charge in [0.25, 0.3) is 0 Å². The van der Waals surface area contributed by atoms with E-state index in [1.165, 1.54) is 14.2 Å². The minimum atomic E-state index is -0.691. The van der Waals surface area contributed by atoms with Crippen molar-refractivity contribution in [1.29, 1.82) is 0 Å². The summed E-state index contributed by atoms with van der Waals surface area (Å²) in [5.74, 6) is 1.28. The average molecular weight is 727 g/mol. The van der Waals surface area contributed by atoms with Gasteiger partial charge in [0.1, 0.15) is 23.7 Å². The van der Waals surface area contributed by atoms with Crippen molar-refractivity contribution in [2.75, 3.05) is 27.3 Å². The van der Waals surface area contributed by atoms with Crippen molar-refractivity contribution in [3.63, 3.8) is 0 Å². The smallest absolute Gasteiger partial charge is 0.407 e. The molecule has 2 aliphatic rings. The minimum absolute atomic E-state index is 0.108. The molecule has 53 heavy (non-hydrogen) atoms. The number of imidazole rings is 2. The summed E-state index contributed by atoms with van der Waals surface area (Å²) in [5, 5.41) is 5.42. The highest BCUT2D eigenvalue weighted by Crippen LogP contribution is 2.35. The van der Waals surface area contributed by atoms with Crippen LogP contribution in [0.3, 0.4) is 0 Å². The second kappa shape index (κ2) is 16.1.